The first-order valence-corrected chi connectivity index (χ1v) is 6.39. The van der Waals surface area contributed by atoms with Crippen LogP contribution in [0.5, 0.6) is 5.75 Å². The minimum absolute atomic E-state index is 0.257. The number of phenolic OH excluding ortho intramolecular Hbond substituents is 1. The Morgan fingerprint density at radius 3 is 2.37 bits per heavy atom. The summed E-state index contributed by atoms with van der Waals surface area (Å²) in [4.78, 5) is 4.42. The lowest BCUT2D eigenvalue weighted by Gasteiger charge is -2.05. The van der Waals surface area contributed by atoms with Crippen molar-refractivity contribution in [2.24, 2.45) is 4.99 Å². The van der Waals surface area contributed by atoms with Crippen LogP contribution in [0.15, 0.2) is 35.3 Å². The molecule has 0 aromatic heterocycles. The fourth-order valence-electron chi connectivity index (χ4n) is 2.07. The molecule has 0 spiro atoms. The highest BCUT2D eigenvalue weighted by atomic mass is 16.3. The van der Waals surface area contributed by atoms with Crippen LogP contribution in [-0.2, 0) is 0 Å². The lowest BCUT2D eigenvalue weighted by atomic mass is 10.1. The summed E-state index contributed by atoms with van der Waals surface area (Å²) in [7, 11) is 0. The summed E-state index contributed by atoms with van der Waals surface area (Å²) in [5.74, 6) is 0.257. The van der Waals surface area contributed by atoms with Crippen LogP contribution in [0.25, 0.3) is 0 Å². The van der Waals surface area contributed by atoms with Crippen molar-refractivity contribution < 1.29 is 5.11 Å². The van der Waals surface area contributed by atoms with Gasteiger partial charge in [-0.1, -0.05) is 29.8 Å². The molecule has 0 radical (unpaired) electrons. The van der Waals surface area contributed by atoms with E-state index in [1.54, 1.807) is 0 Å². The molecule has 0 saturated carbocycles. The van der Waals surface area contributed by atoms with Crippen molar-refractivity contribution in [3.8, 4) is 5.75 Å². The maximum atomic E-state index is 10.0. The normalized spacial score (nSPS) is 11.2. The van der Waals surface area contributed by atoms with Crippen LogP contribution in [0.4, 0.5) is 5.69 Å². The number of nitrogens with zero attached hydrogens (tertiary/aromatic N) is 1. The van der Waals surface area contributed by atoms with Gasteiger partial charge in [-0.2, -0.15) is 0 Å². The van der Waals surface area contributed by atoms with Gasteiger partial charge in [0.1, 0.15) is 11.4 Å². The van der Waals surface area contributed by atoms with Crippen LogP contribution in [-0.4, -0.2) is 11.3 Å². The molecule has 2 heteroatoms. The van der Waals surface area contributed by atoms with E-state index in [1.165, 1.54) is 11.1 Å². The molecule has 2 aromatic carbocycles. The van der Waals surface area contributed by atoms with Gasteiger partial charge < -0.3 is 5.11 Å². The van der Waals surface area contributed by atoms with Gasteiger partial charge in [-0.3, -0.25) is 4.99 Å². The maximum absolute atomic E-state index is 10.0. The summed E-state index contributed by atoms with van der Waals surface area (Å²) < 4.78 is 0. The number of phenols is 1. The molecule has 2 rings (SSSR count). The molecule has 2 nitrogen and oxygen atoms in total. The molecule has 0 atom stereocenters. The summed E-state index contributed by atoms with van der Waals surface area (Å²) in [6, 6.07) is 10.1. The third-order valence-electron chi connectivity index (χ3n) is 3.20. The molecular weight excluding hydrogens is 234 g/mol. The van der Waals surface area contributed by atoms with E-state index in [0.29, 0.717) is 5.69 Å². The fourth-order valence-corrected chi connectivity index (χ4v) is 2.07. The first-order chi connectivity index (χ1) is 8.97. The van der Waals surface area contributed by atoms with E-state index in [0.717, 1.165) is 16.7 Å². The second-order valence-corrected chi connectivity index (χ2v) is 5.07. The maximum Gasteiger partial charge on any atom is 0.144 e. The van der Waals surface area contributed by atoms with Crippen LogP contribution in [0.3, 0.4) is 0 Å². The van der Waals surface area contributed by atoms with E-state index in [-0.39, 0.29) is 5.75 Å². The standard InChI is InChI=1S/C17H19NO/c1-11-5-6-13(3)15(8-11)10-18-16-9-12(2)7-14(4)17(16)19/h5-10,19H,1-4H3. The van der Waals surface area contributed by atoms with Crippen molar-refractivity contribution in [2.75, 3.05) is 0 Å². The number of aromatic hydroxyl groups is 1. The Bertz CT molecular complexity index is 642. The van der Waals surface area contributed by atoms with Crippen LogP contribution in [0.2, 0.25) is 0 Å². The largest absolute Gasteiger partial charge is 0.505 e. The molecule has 98 valence electrons. The molecule has 0 amide bonds. The molecule has 0 aliphatic heterocycles. The highest BCUT2D eigenvalue weighted by molar-refractivity contribution is 5.85. The zero-order valence-corrected chi connectivity index (χ0v) is 11.9. The lowest BCUT2D eigenvalue weighted by molar-refractivity contribution is 0.472. The number of benzene rings is 2. The summed E-state index contributed by atoms with van der Waals surface area (Å²) in [5.41, 5.74) is 6.04. The van der Waals surface area contributed by atoms with Gasteiger partial charge in [0.2, 0.25) is 0 Å². The minimum atomic E-state index is 0.257. The second kappa shape index (κ2) is 5.27. The van der Waals surface area contributed by atoms with E-state index in [9.17, 15) is 5.11 Å². The Kier molecular flexibility index (Phi) is 3.70. The molecular formula is C17H19NO. The van der Waals surface area contributed by atoms with Gasteiger partial charge in [0, 0.05) is 6.21 Å². The van der Waals surface area contributed by atoms with Crippen molar-refractivity contribution in [1.29, 1.82) is 0 Å². The second-order valence-electron chi connectivity index (χ2n) is 5.07. The molecule has 0 aliphatic rings. The molecule has 0 aliphatic carbocycles. The van der Waals surface area contributed by atoms with Gasteiger partial charge in [0.15, 0.2) is 0 Å². The Labute approximate surface area is 114 Å². The van der Waals surface area contributed by atoms with E-state index >= 15 is 0 Å². The summed E-state index contributed by atoms with van der Waals surface area (Å²) in [6.07, 6.45) is 1.82. The van der Waals surface area contributed by atoms with Gasteiger partial charge in [0.05, 0.1) is 0 Å². The van der Waals surface area contributed by atoms with E-state index < -0.39 is 0 Å². The first-order valence-electron chi connectivity index (χ1n) is 6.39. The van der Waals surface area contributed by atoms with Crippen molar-refractivity contribution in [1.82, 2.24) is 0 Å². The number of rotatable bonds is 2. The van der Waals surface area contributed by atoms with Crippen LogP contribution in [0, 0.1) is 27.7 Å². The average Bonchev–Trinajstić information content (AvgIpc) is 2.35. The number of hydrogen-bond donors (Lipinski definition) is 1. The van der Waals surface area contributed by atoms with E-state index in [2.05, 4.69) is 37.0 Å². The van der Waals surface area contributed by atoms with Crippen molar-refractivity contribution >= 4 is 11.9 Å². The third-order valence-corrected chi connectivity index (χ3v) is 3.20. The molecule has 0 bridgehead atoms. The Balaban J connectivity index is 2.40. The molecule has 2 aromatic rings. The number of aryl methyl sites for hydroxylation is 4. The molecule has 0 heterocycles. The predicted octanol–water partition coefficient (Wildman–Crippen LogP) is 4.38. The van der Waals surface area contributed by atoms with E-state index in [1.807, 2.05) is 32.2 Å². The topological polar surface area (TPSA) is 32.6 Å². The highest BCUT2D eigenvalue weighted by Crippen LogP contribution is 2.31. The Hall–Kier alpha value is -2.09. The molecule has 0 unspecified atom stereocenters. The van der Waals surface area contributed by atoms with Gasteiger partial charge in [-0.25, -0.2) is 0 Å². The van der Waals surface area contributed by atoms with Gasteiger partial charge in [0.25, 0.3) is 0 Å². The monoisotopic (exact) mass is 253 g/mol. The summed E-state index contributed by atoms with van der Waals surface area (Å²) in [6.45, 7) is 8.01. The minimum Gasteiger partial charge on any atom is -0.505 e. The quantitative estimate of drug-likeness (QED) is 0.792. The Morgan fingerprint density at radius 2 is 1.63 bits per heavy atom. The van der Waals surface area contributed by atoms with Gasteiger partial charge in [-0.05, 0) is 56.0 Å². The van der Waals surface area contributed by atoms with Crippen molar-refractivity contribution in [2.45, 2.75) is 27.7 Å². The number of aliphatic imine (C=N–C) groups is 1. The van der Waals surface area contributed by atoms with Crippen LogP contribution >= 0.6 is 0 Å². The van der Waals surface area contributed by atoms with Gasteiger partial charge in [-0.15, -0.1) is 0 Å². The predicted molar refractivity (Wildman–Crippen MR) is 80.8 cm³/mol. The van der Waals surface area contributed by atoms with Crippen molar-refractivity contribution in [3.63, 3.8) is 0 Å². The van der Waals surface area contributed by atoms with Crippen molar-refractivity contribution in [3.05, 3.63) is 58.1 Å². The smallest absolute Gasteiger partial charge is 0.144 e. The molecule has 0 fully saturated rings. The lowest BCUT2D eigenvalue weighted by Crippen LogP contribution is -1.88. The van der Waals surface area contributed by atoms with Crippen LogP contribution < -0.4 is 0 Å². The molecule has 1 N–H and O–H groups in total. The van der Waals surface area contributed by atoms with E-state index in [4.69, 9.17) is 0 Å². The van der Waals surface area contributed by atoms with Gasteiger partial charge >= 0.3 is 0 Å². The first kappa shape index (κ1) is 13.3. The highest BCUT2D eigenvalue weighted by Gasteiger charge is 2.04. The van der Waals surface area contributed by atoms with Crippen LogP contribution in [0.1, 0.15) is 27.8 Å². The fraction of sp³-hybridized carbons (Fsp3) is 0.235. The zero-order valence-electron chi connectivity index (χ0n) is 11.9. The molecule has 0 saturated heterocycles. The number of hydrogen-bond acceptors (Lipinski definition) is 2. The zero-order chi connectivity index (χ0) is 14.0. The summed E-state index contributed by atoms with van der Waals surface area (Å²) >= 11 is 0. The SMILES string of the molecule is Cc1ccc(C)c(C=Nc2cc(C)cc(C)c2O)c1. The summed E-state index contributed by atoms with van der Waals surface area (Å²) in [5, 5.41) is 10.0. The third kappa shape index (κ3) is 3.02. The Morgan fingerprint density at radius 1 is 0.895 bits per heavy atom. The average molecular weight is 253 g/mol. The molecule has 19 heavy (non-hydrogen) atoms.